The van der Waals surface area contributed by atoms with Gasteiger partial charge in [0.15, 0.2) is 6.61 Å². The van der Waals surface area contributed by atoms with E-state index < -0.39 is 5.97 Å². The molecule has 0 aliphatic rings. The van der Waals surface area contributed by atoms with Crippen LogP contribution in [0.4, 0.5) is 5.69 Å². The number of nitrogens with one attached hydrogen (secondary N) is 1. The summed E-state index contributed by atoms with van der Waals surface area (Å²) in [5.41, 5.74) is 3.20. The highest BCUT2D eigenvalue weighted by Crippen LogP contribution is 2.21. The van der Waals surface area contributed by atoms with Crippen LogP contribution in [0, 0.1) is 13.8 Å². The molecule has 28 heavy (non-hydrogen) atoms. The first-order chi connectivity index (χ1) is 13.2. The van der Waals surface area contributed by atoms with Crippen molar-refractivity contribution in [2.45, 2.75) is 33.7 Å². The number of aromatic nitrogens is 1. The molecule has 1 aromatic carbocycles. The Labute approximate surface area is 164 Å². The largest absolute Gasteiger partial charge is 0.454 e. The van der Waals surface area contributed by atoms with Gasteiger partial charge in [-0.3, -0.25) is 9.59 Å². The van der Waals surface area contributed by atoms with Crippen LogP contribution in [0.3, 0.4) is 0 Å². The number of amides is 1. The third-order valence-corrected chi connectivity index (χ3v) is 4.41. The number of carbonyl (C=O) groups is 3. The summed E-state index contributed by atoms with van der Waals surface area (Å²) in [7, 11) is 1.64. The van der Waals surface area contributed by atoms with Gasteiger partial charge in [0.05, 0.1) is 18.2 Å². The summed E-state index contributed by atoms with van der Waals surface area (Å²) in [6.45, 7) is 7.42. The van der Waals surface area contributed by atoms with E-state index in [-0.39, 0.29) is 24.3 Å². The van der Waals surface area contributed by atoms with Crippen molar-refractivity contribution in [3.63, 3.8) is 0 Å². The normalized spacial score (nSPS) is 11.8. The summed E-state index contributed by atoms with van der Waals surface area (Å²) in [5.74, 6) is -1.05. The van der Waals surface area contributed by atoms with E-state index >= 15 is 0 Å². The van der Waals surface area contributed by atoms with E-state index in [4.69, 9.17) is 9.47 Å². The van der Waals surface area contributed by atoms with E-state index in [2.05, 4.69) is 5.32 Å². The molecule has 0 spiro atoms. The van der Waals surface area contributed by atoms with Crippen LogP contribution in [-0.4, -0.2) is 42.6 Å². The van der Waals surface area contributed by atoms with Crippen LogP contribution >= 0.6 is 0 Å². The Hall–Kier alpha value is -2.93. The minimum Gasteiger partial charge on any atom is -0.454 e. The highest BCUT2D eigenvalue weighted by Gasteiger charge is 2.20. The molecule has 0 unspecified atom stereocenters. The zero-order chi connectivity index (χ0) is 20.8. The molecular formula is C21H26N2O5. The summed E-state index contributed by atoms with van der Waals surface area (Å²) in [6, 6.07) is 8.18. The van der Waals surface area contributed by atoms with Crippen molar-refractivity contribution < 1.29 is 23.9 Å². The Morgan fingerprint density at radius 3 is 2.36 bits per heavy atom. The number of benzene rings is 1. The van der Waals surface area contributed by atoms with Gasteiger partial charge in [-0.2, -0.15) is 0 Å². The van der Waals surface area contributed by atoms with Crippen molar-refractivity contribution in [2.75, 3.05) is 25.6 Å². The Morgan fingerprint density at radius 1 is 1.14 bits per heavy atom. The fourth-order valence-electron chi connectivity index (χ4n) is 3.24. The standard InChI is InChI=1S/C21H26N2O5/c1-13-10-19(15(3)23(13)14(2)11-27-5)20(25)12-28-21(26)17-6-8-18(9-7-17)22-16(4)24/h6-10,14H,11-12H2,1-5H3,(H,22,24)/t14-/m0/s1. The number of methoxy groups -OCH3 is 1. The molecule has 1 amide bonds. The van der Waals surface area contributed by atoms with Crippen molar-refractivity contribution in [1.82, 2.24) is 4.57 Å². The fraction of sp³-hybridized carbons (Fsp3) is 0.381. The maximum atomic E-state index is 12.6. The number of ketones is 1. The molecule has 0 fully saturated rings. The molecule has 7 nitrogen and oxygen atoms in total. The smallest absolute Gasteiger partial charge is 0.338 e. The average Bonchev–Trinajstić information content (AvgIpc) is 2.94. The maximum absolute atomic E-state index is 12.6. The number of hydrogen-bond donors (Lipinski definition) is 1. The molecule has 2 rings (SSSR count). The lowest BCUT2D eigenvalue weighted by atomic mass is 10.1. The molecule has 1 N–H and O–H groups in total. The Bertz CT molecular complexity index is 868. The number of rotatable bonds is 8. The van der Waals surface area contributed by atoms with E-state index in [1.54, 1.807) is 25.3 Å². The van der Waals surface area contributed by atoms with Crippen LogP contribution in [0.1, 0.15) is 52.0 Å². The van der Waals surface area contributed by atoms with Gasteiger partial charge in [-0.15, -0.1) is 0 Å². The van der Waals surface area contributed by atoms with Crippen LogP contribution in [0.15, 0.2) is 30.3 Å². The van der Waals surface area contributed by atoms with Gasteiger partial charge < -0.3 is 19.4 Å². The first kappa shape index (κ1) is 21.4. The molecule has 1 heterocycles. The molecule has 0 bridgehead atoms. The molecule has 1 aromatic heterocycles. The number of carbonyl (C=O) groups excluding carboxylic acids is 3. The summed E-state index contributed by atoms with van der Waals surface area (Å²) < 4.78 is 12.4. The van der Waals surface area contributed by atoms with Crippen LogP contribution < -0.4 is 5.32 Å². The number of ether oxygens (including phenoxy) is 2. The SMILES string of the molecule is COC[C@H](C)n1c(C)cc(C(=O)COC(=O)c2ccc(NC(C)=O)cc2)c1C. The second-order valence-corrected chi connectivity index (χ2v) is 6.72. The monoisotopic (exact) mass is 386 g/mol. The van der Waals surface area contributed by atoms with Crippen LogP contribution in [0.2, 0.25) is 0 Å². The van der Waals surface area contributed by atoms with Crippen LogP contribution in [-0.2, 0) is 14.3 Å². The Morgan fingerprint density at radius 2 is 1.79 bits per heavy atom. The third kappa shape index (κ3) is 5.07. The summed E-state index contributed by atoms with van der Waals surface area (Å²) in [6.07, 6.45) is 0. The molecular weight excluding hydrogens is 360 g/mol. The molecule has 2 aromatic rings. The summed E-state index contributed by atoms with van der Waals surface area (Å²) in [4.78, 5) is 35.8. The van der Waals surface area contributed by atoms with Gasteiger partial charge in [0, 0.05) is 36.7 Å². The van der Waals surface area contributed by atoms with Gasteiger partial charge >= 0.3 is 5.97 Å². The van der Waals surface area contributed by atoms with Gasteiger partial charge in [0.25, 0.3) is 0 Å². The molecule has 0 saturated carbocycles. The van der Waals surface area contributed by atoms with Gasteiger partial charge in [-0.1, -0.05) is 0 Å². The first-order valence-electron chi connectivity index (χ1n) is 9.00. The molecule has 150 valence electrons. The molecule has 0 radical (unpaired) electrons. The second kappa shape index (κ2) is 9.32. The highest BCUT2D eigenvalue weighted by atomic mass is 16.5. The van der Waals surface area contributed by atoms with E-state index in [9.17, 15) is 14.4 Å². The zero-order valence-electron chi connectivity index (χ0n) is 16.9. The maximum Gasteiger partial charge on any atom is 0.338 e. The molecule has 0 aliphatic heterocycles. The van der Waals surface area contributed by atoms with E-state index in [1.807, 2.05) is 25.3 Å². The lowest BCUT2D eigenvalue weighted by molar-refractivity contribution is -0.114. The van der Waals surface area contributed by atoms with Crippen molar-refractivity contribution in [3.05, 3.63) is 52.8 Å². The molecule has 1 atom stereocenters. The Balaban J connectivity index is 2.03. The van der Waals surface area contributed by atoms with Crippen molar-refractivity contribution in [1.29, 1.82) is 0 Å². The van der Waals surface area contributed by atoms with Gasteiger partial charge in [-0.05, 0) is 51.1 Å². The van der Waals surface area contributed by atoms with E-state index in [1.165, 1.54) is 19.1 Å². The average molecular weight is 386 g/mol. The van der Waals surface area contributed by atoms with Crippen molar-refractivity contribution in [3.8, 4) is 0 Å². The van der Waals surface area contributed by atoms with Crippen LogP contribution in [0.5, 0.6) is 0 Å². The summed E-state index contributed by atoms with van der Waals surface area (Å²) >= 11 is 0. The number of anilines is 1. The number of aryl methyl sites for hydroxylation is 1. The topological polar surface area (TPSA) is 86.6 Å². The quantitative estimate of drug-likeness (QED) is 0.556. The van der Waals surface area contributed by atoms with Crippen molar-refractivity contribution in [2.24, 2.45) is 0 Å². The lowest BCUT2D eigenvalue weighted by Gasteiger charge is -2.17. The number of hydrogen-bond acceptors (Lipinski definition) is 5. The summed E-state index contributed by atoms with van der Waals surface area (Å²) in [5, 5.41) is 2.62. The van der Waals surface area contributed by atoms with Gasteiger partial charge in [0.2, 0.25) is 11.7 Å². The van der Waals surface area contributed by atoms with Gasteiger partial charge in [-0.25, -0.2) is 4.79 Å². The predicted molar refractivity (Wildman–Crippen MR) is 106 cm³/mol. The van der Waals surface area contributed by atoms with Gasteiger partial charge in [0.1, 0.15) is 0 Å². The molecule has 7 heteroatoms. The minimum absolute atomic E-state index is 0.0937. The molecule has 0 aliphatic carbocycles. The first-order valence-corrected chi connectivity index (χ1v) is 9.00. The minimum atomic E-state index is -0.593. The van der Waals surface area contributed by atoms with Crippen LogP contribution in [0.25, 0.3) is 0 Å². The second-order valence-electron chi connectivity index (χ2n) is 6.72. The van der Waals surface area contributed by atoms with E-state index in [0.717, 1.165) is 11.4 Å². The highest BCUT2D eigenvalue weighted by molar-refractivity contribution is 6.00. The lowest BCUT2D eigenvalue weighted by Crippen LogP contribution is -2.17. The zero-order valence-corrected chi connectivity index (χ0v) is 16.9. The third-order valence-electron chi connectivity index (χ3n) is 4.41. The Kier molecular flexibility index (Phi) is 7.12. The number of esters is 1. The van der Waals surface area contributed by atoms with Crippen molar-refractivity contribution >= 4 is 23.3 Å². The number of nitrogens with zero attached hydrogens (tertiary/aromatic N) is 1. The fourth-order valence-corrected chi connectivity index (χ4v) is 3.24. The predicted octanol–water partition coefficient (Wildman–Crippen LogP) is 3.31. The van der Waals surface area contributed by atoms with E-state index in [0.29, 0.717) is 23.4 Å². The molecule has 0 saturated heterocycles. The number of Topliss-reactive ketones (excluding diaryl/α,β-unsaturated/α-hetero) is 1.